The summed E-state index contributed by atoms with van der Waals surface area (Å²) in [6.45, 7) is 0.720. The third-order valence-electron chi connectivity index (χ3n) is 2.75. The number of pyridine rings is 1. The van der Waals surface area contributed by atoms with Gasteiger partial charge in [-0.2, -0.15) is 0 Å². The molecule has 0 aliphatic carbocycles. The maximum Gasteiger partial charge on any atom is 0.119 e. The van der Waals surface area contributed by atoms with Crippen molar-refractivity contribution in [3.8, 4) is 5.75 Å². The fourth-order valence-electron chi connectivity index (χ4n) is 1.75. The minimum absolute atomic E-state index is 0.720. The number of methoxy groups -OCH3 is 1. The van der Waals surface area contributed by atoms with E-state index in [2.05, 4.69) is 9.88 Å². The molecule has 0 unspecified atom stereocenters. The summed E-state index contributed by atoms with van der Waals surface area (Å²) < 4.78 is 5.14. The summed E-state index contributed by atoms with van der Waals surface area (Å²) in [6.07, 6.45) is 1.73. The van der Waals surface area contributed by atoms with E-state index in [-0.39, 0.29) is 0 Å². The van der Waals surface area contributed by atoms with E-state index in [0.717, 1.165) is 29.4 Å². The molecule has 0 bridgehead atoms. The number of anilines is 2. The number of aromatic nitrogens is 1. The van der Waals surface area contributed by atoms with Crippen molar-refractivity contribution in [3.05, 3.63) is 48.3 Å². The summed E-state index contributed by atoms with van der Waals surface area (Å²) in [5, 5.41) is 0. The second-order valence-electron chi connectivity index (χ2n) is 4.13. The molecule has 94 valence electrons. The lowest BCUT2D eigenvalue weighted by Crippen LogP contribution is -2.17. The van der Waals surface area contributed by atoms with E-state index < -0.39 is 0 Å². The molecule has 0 atom stereocenters. The van der Waals surface area contributed by atoms with Crippen molar-refractivity contribution in [1.82, 2.24) is 4.98 Å². The van der Waals surface area contributed by atoms with Crippen LogP contribution < -0.4 is 15.4 Å². The van der Waals surface area contributed by atoms with Crippen molar-refractivity contribution in [3.63, 3.8) is 0 Å². The third kappa shape index (κ3) is 2.91. The Kier molecular flexibility index (Phi) is 3.67. The molecule has 0 spiro atoms. The summed E-state index contributed by atoms with van der Waals surface area (Å²) in [4.78, 5) is 6.40. The Balaban J connectivity index is 2.09. The smallest absolute Gasteiger partial charge is 0.119 e. The molecule has 4 nitrogen and oxygen atoms in total. The van der Waals surface area contributed by atoms with E-state index in [9.17, 15) is 0 Å². The first-order chi connectivity index (χ1) is 8.69. The Hall–Kier alpha value is -2.23. The summed E-state index contributed by atoms with van der Waals surface area (Å²) in [5.41, 5.74) is 8.54. The van der Waals surface area contributed by atoms with Gasteiger partial charge in [-0.3, -0.25) is 4.98 Å². The summed E-state index contributed by atoms with van der Waals surface area (Å²) in [7, 11) is 3.68. The number of hydrogen-bond donors (Lipinski definition) is 1. The number of benzene rings is 1. The van der Waals surface area contributed by atoms with Gasteiger partial charge in [-0.1, -0.05) is 0 Å². The van der Waals surface area contributed by atoms with Gasteiger partial charge in [0.1, 0.15) is 5.75 Å². The summed E-state index contributed by atoms with van der Waals surface area (Å²) >= 11 is 0. The first-order valence-corrected chi connectivity index (χ1v) is 5.74. The van der Waals surface area contributed by atoms with Gasteiger partial charge in [-0.25, -0.2) is 0 Å². The molecule has 2 aromatic rings. The van der Waals surface area contributed by atoms with E-state index >= 15 is 0 Å². The van der Waals surface area contributed by atoms with Gasteiger partial charge < -0.3 is 15.4 Å². The first-order valence-electron chi connectivity index (χ1n) is 5.74. The fraction of sp³-hybridized carbons (Fsp3) is 0.214. The molecule has 0 saturated heterocycles. The van der Waals surface area contributed by atoms with E-state index in [0.29, 0.717) is 0 Å². The van der Waals surface area contributed by atoms with E-state index in [1.54, 1.807) is 19.4 Å². The molecule has 0 aliphatic rings. The van der Waals surface area contributed by atoms with Crippen LogP contribution in [0.5, 0.6) is 5.75 Å². The maximum atomic E-state index is 5.74. The highest BCUT2D eigenvalue weighted by Gasteiger charge is 2.03. The zero-order valence-corrected chi connectivity index (χ0v) is 10.6. The molecule has 0 fully saturated rings. The van der Waals surface area contributed by atoms with Gasteiger partial charge in [-0.15, -0.1) is 0 Å². The molecular formula is C14H17N3O. The van der Waals surface area contributed by atoms with E-state index in [1.165, 1.54) is 0 Å². The molecular weight excluding hydrogens is 226 g/mol. The molecule has 2 N–H and O–H groups in total. The topological polar surface area (TPSA) is 51.4 Å². The molecule has 1 aromatic carbocycles. The number of ether oxygens (including phenoxy) is 1. The predicted molar refractivity (Wildman–Crippen MR) is 73.8 cm³/mol. The number of nitrogen functional groups attached to an aromatic ring is 1. The molecule has 0 amide bonds. The van der Waals surface area contributed by atoms with Crippen LogP contribution in [0.1, 0.15) is 5.69 Å². The Morgan fingerprint density at radius 1 is 1.22 bits per heavy atom. The zero-order valence-electron chi connectivity index (χ0n) is 10.6. The quantitative estimate of drug-likeness (QED) is 0.895. The second kappa shape index (κ2) is 5.40. The van der Waals surface area contributed by atoms with Crippen molar-refractivity contribution < 1.29 is 4.74 Å². The highest BCUT2D eigenvalue weighted by molar-refractivity contribution is 5.49. The highest BCUT2D eigenvalue weighted by Crippen LogP contribution is 2.19. The van der Waals surface area contributed by atoms with Gasteiger partial charge in [-0.05, 0) is 36.4 Å². The van der Waals surface area contributed by atoms with Gasteiger partial charge in [0.15, 0.2) is 0 Å². The molecule has 18 heavy (non-hydrogen) atoms. The average Bonchev–Trinajstić information content (AvgIpc) is 2.39. The Morgan fingerprint density at radius 2 is 1.94 bits per heavy atom. The fourth-order valence-corrected chi connectivity index (χ4v) is 1.75. The summed E-state index contributed by atoms with van der Waals surface area (Å²) in [5.74, 6) is 0.856. The molecule has 0 saturated carbocycles. The lowest BCUT2D eigenvalue weighted by molar-refractivity contribution is 0.415. The summed E-state index contributed by atoms with van der Waals surface area (Å²) in [6, 6.07) is 11.6. The van der Waals surface area contributed by atoms with Gasteiger partial charge >= 0.3 is 0 Å². The second-order valence-corrected chi connectivity index (χ2v) is 4.13. The van der Waals surface area contributed by atoms with Crippen molar-refractivity contribution in [2.75, 3.05) is 24.8 Å². The van der Waals surface area contributed by atoms with Crippen LogP contribution in [0.25, 0.3) is 0 Å². The molecule has 4 heteroatoms. The van der Waals surface area contributed by atoms with Crippen LogP contribution in [0, 0.1) is 0 Å². The number of hydrogen-bond acceptors (Lipinski definition) is 4. The van der Waals surface area contributed by atoms with Gasteiger partial charge in [0, 0.05) is 24.6 Å². The van der Waals surface area contributed by atoms with Gasteiger partial charge in [0.05, 0.1) is 19.3 Å². The van der Waals surface area contributed by atoms with Crippen LogP contribution in [-0.4, -0.2) is 19.1 Å². The molecule has 2 rings (SSSR count). The number of rotatable bonds is 4. The minimum atomic E-state index is 0.720. The van der Waals surface area contributed by atoms with E-state index in [1.807, 2.05) is 37.4 Å². The third-order valence-corrected chi connectivity index (χ3v) is 2.75. The standard InChI is InChI=1S/C14H17N3O/c1-17(10-12-9-11(15)7-8-16-12)13-3-5-14(18-2)6-4-13/h3-9H,10H2,1-2H3,(H2,15,16). The van der Waals surface area contributed by atoms with Crippen molar-refractivity contribution >= 4 is 11.4 Å². The van der Waals surface area contributed by atoms with E-state index in [4.69, 9.17) is 10.5 Å². The van der Waals surface area contributed by atoms with Crippen molar-refractivity contribution in [2.24, 2.45) is 0 Å². The minimum Gasteiger partial charge on any atom is -0.497 e. The molecule has 1 aromatic heterocycles. The normalized spacial score (nSPS) is 10.1. The predicted octanol–water partition coefficient (Wildman–Crippen LogP) is 2.31. The number of nitrogens with two attached hydrogens (primary N) is 1. The molecule has 1 heterocycles. The first kappa shape index (κ1) is 12.2. The van der Waals surface area contributed by atoms with Crippen LogP contribution in [-0.2, 0) is 6.54 Å². The molecule has 0 aliphatic heterocycles. The molecule has 0 radical (unpaired) electrons. The average molecular weight is 243 g/mol. The highest BCUT2D eigenvalue weighted by atomic mass is 16.5. The van der Waals surface area contributed by atoms with Gasteiger partial charge in [0.2, 0.25) is 0 Å². The monoisotopic (exact) mass is 243 g/mol. The van der Waals surface area contributed by atoms with Crippen LogP contribution in [0.2, 0.25) is 0 Å². The lowest BCUT2D eigenvalue weighted by Gasteiger charge is -2.19. The van der Waals surface area contributed by atoms with Crippen LogP contribution in [0.3, 0.4) is 0 Å². The zero-order chi connectivity index (χ0) is 13.0. The SMILES string of the molecule is COc1ccc(N(C)Cc2cc(N)ccn2)cc1. The van der Waals surface area contributed by atoms with Gasteiger partial charge in [0.25, 0.3) is 0 Å². The van der Waals surface area contributed by atoms with Crippen molar-refractivity contribution in [2.45, 2.75) is 6.54 Å². The van der Waals surface area contributed by atoms with Crippen LogP contribution in [0.15, 0.2) is 42.6 Å². The largest absolute Gasteiger partial charge is 0.497 e. The Labute approximate surface area is 107 Å². The Bertz CT molecular complexity index is 511. The lowest BCUT2D eigenvalue weighted by atomic mass is 10.2. The van der Waals surface area contributed by atoms with Crippen LogP contribution in [0.4, 0.5) is 11.4 Å². The number of nitrogens with zero attached hydrogens (tertiary/aromatic N) is 2. The Morgan fingerprint density at radius 3 is 2.56 bits per heavy atom. The maximum absolute atomic E-state index is 5.74. The van der Waals surface area contributed by atoms with Crippen LogP contribution >= 0.6 is 0 Å². The van der Waals surface area contributed by atoms with Crippen molar-refractivity contribution in [1.29, 1.82) is 0 Å².